The Kier molecular flexibility index (Phi) is 3.94. The number of carboxylic acids is 1. The molecule has 1 heterocycles. The van der Waals surface area contributed by atoms with E-state index in [2.05, 4.69) is 31.5 Å². The summed E-state index contributed by atoms with van der Waals surface area (Å²) in [5, 5.41) is 20.6. The van der Waals surface area contributed by atoms with Crippen molar-refractivity contribution in [3.05, 3.63) is 28.7 Å². The Labute approximate surface area is 118 Å². The first kappa shape index (κ1) is 13.7. The van der Waals surface area contributed by atoms with Gasteiger partial charge in [-0.05, 0) is 36.4 Å². The number of tetrazole rings is 1. The van der Waals surface area contributed by atoms with Gasteiger partial charge in [0.15, 0.2) is 5.82 Å². The fourth-order valence-corrected chi connectivity index (χ4v) is 1.94. The zero-order chi connectivity index (χ0) is 14.0. The van der Waals surface area contributed by atoms with Crippen LogP contribution in [-0.2, 0) is 4.79 Å². The largest absolute Gasteiger partial charge is 0.481 e. The van der Waals surface area contributed by atoms with Crippen molar-refractivity contribution < 1.29 is 9.90 Å². The molecular formula is C12H13BrN4O2. The maximum atomic E-state index is 11.0. The monoisotopic (exact) mass is 324 g/mol. The standard InChI is InChI=1S/C12H13BrN4O2/c1-7(12(18)19)8(2)17-11(14-15-16-17)9-3-5-10(13)6-4-9/h3-8H,1-2H3,(H,18,19). The third-order valence-electron chi connectivity index (χ3n) is 3.09. The molecule has 0 saturated heterocycles. The van der Waals surface area contributed by atoms with Gasteiger partial charge in [-0.3, -0.25) is 4.79 Å². The topological polar surface area (TPSA) is 80.9 Å². The van der Waals surface area contributed by atoms with Crippen LogP contribution in [0.2, 0.25) is 0 Å². The molecule has 19 heavy (non-hydrogen) atoms. The van der Waals surface area contributed by atoms with Crippen LogP contribution in [0, 0.1) is 5.92 Å². The van der Waals surface area contributed by atoms with Gasteiger partial charge in [0.2, 0.25) is 0 Å². The van der Waals surface area contributed by atoms with Crippen LogP contribution in [0.5, 0.6) is 0 Å². The van der Waals surface area contributed by atoms with Crippen molar-refractivity contribution >= 4 is 21.9 Å². The molecule has 0 fully saturated rings. The summed E-state index contributed by atoms with van der Waals surface area (Å²) in [7, 11) is 0. The van der Waals surface area contributed by atoms with E-state index in [0.717, 1.165) is 10.0 Å². The second-order valence-corrected chi connectivity index (χ2v) is 5.24. The van der Waals surface area contributed by atoms with Crippen molar-refractivity contribution in [2.24, 2.45) is 5.92 Å². The summed E-state index contributed by atoms with van der Waals surface area (Å²) in [6.07, 6.45) is 0. The summed E-state index contributed by atoms with van der Waals surface area (Å²) in [6.45, 7) is 3.43. The first-order chi connectivity index (χ1) is 9.00. The smallest absolute Gasteiger partial charge is 0.308 e. The zero-order valence-corrected chi connectivity index (χ0v) is 12.1. The number of benzene rings is 1. The molecule has 0 radical (unpaired) electrons. The maximum Gasteiger partial charge on any atom is 0.308 e. The third kappa shape index (κ3) is 2.81. The molecular weight excluding hydrogens is 312 g/mol. The molecule has 0 amide bonds. The summed E-state index contributed by atoms with van der Waals surface area (Å²) in [5.74, 6) is -0.879. The fraction of sp³-hybridized carbons (Fsp3) is 0.333. The lowest BCUT2D eigenvalue weighted by Gasteiger charge is -2.17. The quantitative estimate of drug-likeness (QED) is 0.933. The Morgan fingerprint density at radius 3 is 2.53 bits per heavy atom. The number of hydrogen-bond acceptors (Lipinski definition) is 4. The average Bonchev–Trinajstić information content (AvgIpc) is 2.87. The molecule has 1 N–H and O–H groups in total. The number of carboxylic acid groups (broad SMARTS) is 1. The van der Waals surface area contributed by atoms with E-state index in [1.54, 1.807) is 18.5 Å². The lowest BCUT2D eigenvalue weighted by Crippen LogP contribution is -2.23. The molecule has 2 atom stereocenters. The molecule has 0 bridgehead atoms. The number of nitrogens with zero attached hydrogens (tertiary/aromatic N) is 4. The van der Waals surface area contributed by atoms with Crippen LogP contribution < -0.4 is 0 Å². The van der Waals surface area contributed by atoms with Crippen LogP contribution in [0.4, 0.5) is 0 Å². The lowest BCUT2D eigenvalue weighted by atomic mass is 10.0. The summed E-state index contributed by atoms with van der Waals surface area (Å²) in [4.78, 5) is 11.0. The Hall–Kier alpha value is -1.76. The van der Waals surface area contributed by atoms with Gasteiger partial charge >= 0.3 is 5.97 Å². The van der Waals surface area contributed by atoms with Crippen molar-refractivity contribution in [2.45, 2.75) is 19.9 Å². The zero-order valence-electron chi connectivity index (χ0n) is 10.5. The van der Waals surface area contributed by atoms with Crippen LogP contribution in [0.25, 0.3) is 11.4 Å². The van der Waals surface area contributed by atoms with E-state index in [-0.39, 0.29) is 6.04 Å². The van der Waals surface area contributed by atoms with E-state index in [4.69, 9.17) is 5.11 Å². The number of aromatic nitrogens is 4. The Morgan fingerprint density at radius 2 is 1.95 bits per heavy atom. The van der Waals surface area contributed by atoms with E-state index in [1.807, 2.05) is 24.3 Å². The van der Waals surface area contributed by atoms with Gasteiger partial charge in [0.05, 0.1) is 12.0 Å². The molecule has 1 aromatic carbocycles. The number of hydrogen-bond donors (Lipinski definition) is 1. The Morgan fingerprint density at radius 1 is 1.32 bits per heavy atom. The lowest BCUT2D eigenvalue weighted by molar-refractivity contribution is -0.142. The Balaban J connectivity index is 2.37. The summed E-state index contributed by atoms with van der Waals surface area (Å²) in [6, 6.07) is 7.21. The van der Waals surface area contributed by atoms with Crippen molar-refractivity contribution in [1.82, 2.24) is 20.2 Å². The average molecular weight is 325 g/mol. The molecule has 6 nitrogen and oxygen atoms in total. The van der Waals surface area contributed by atoms with E-state index in [9.17, 15) is 4.79 Å². The molecule has 0 aliphatic heterocycles. The SMILES string of the molecule is CC(C(=O)O)C(C)n1nnnc1-c1ccc(Br)cc1. The van der Waals surface area contributed by atoms with Gasteiger partial charge in [-0.25, -0.2) is 4.68 Å². The minimum Gasteiger partial charge on any atom is -0.481 e. The predicted molar refractivity (Wildman–Crippen MR) is 72.5 cm³/mol. The van der Waals surface area contributed by atoms with Crippen molar-refractivity contribution in [3.8, 4) is 11.4 Å². The van der Waals surface area contributed by atoms with Crippen LogP contribution in [-0.4, -0.2) is 31.3 Å². The van der Waals surface area contributed by atoms with E-state index in [1.165, 1.54) is 0 Å². The number of carbonyl (C=O) groups is 1. The van der Waals surface area contributed by atoms with Crippen molar-refractivity contribution in [3.63, 3.8) is 0 Å². The number of rotatable bonds is 4. The first-order valence-corrected chi connectivity index (χ1v) is 6.56. The van der Waals surface area contributed by atoms with Gasteiger partial charge in [-0.2, -0.15) is 0 Å². The van der Waals surface area contributed by atoms with Gasteiger partial charge in [0.25, 0.3) is 0 Å². The minimum absolute atomic E-state index is 0.328. The van der Waals surface area contributed by atoms with Crippen molar-refractivity contribution in [1.29, 1.82) is 0 Å². The molecule has 0 aliphatic rings. The first-order valence-electron chi connectivity index (χ1n) is 5.77. The minimum atomic E-state index is -0.871. The van der Waals surface area contributed by atoms with Crippen LogP contribution in [0.3, 0.4) is 0 Å². The summed E-state index contributed by atoms with van der Waals surface area (Å²) < 4.78 is 2.50. The second-order valence-electron chi connectivity index (χ2n) is 4.32. The van der Waals surface area contributed by atoms with Crippen LogP contribution in [0.1, 0.15) is 19.9 Å². The molecule has 7 heteroatoms. The molecule has 0 aliphatic carbocycles. The van der Waals surface area contributed by atoms with E-state index < -0.39 is 11.9 Å². The van der Waals surface area contributed by atoms with E-state index in [0.29, 0.717) is 5.82 Å². The van der Waals surface area contributed by atoms with Gasteiger partial charge in [0.1, 0.15) is 0 Å². The molecule has 0 saturated carbocycles. The highest BCUT2D eigenvalue weighted by Gasteiger charge is 2.24. The number of halogens is 1. The predicted octanol–water partition coefficient (Wildman–Crippen LogP) is 2.38. The van der Waals surface area contributed by atoms with Crippen molar-refractivity contribution in [2.75, 3.05) is 0 Å². The molecule has 2 aromatic rings. The van der Waals surface area contributed by atoms with Crippen LogP contribution >= 0.6 is 15.9 Å². The molecule has 2 rings (SSSR count). The van der Waals surface area contributed by atoms with Gasteiger partial charge in [-0.1, -0.05) is 28.1 Å². The highest BCUT2D eigenvalue weighted by atomic mass is 79.9. The summed E-state index contributed by atoms with van der Waals surface area (Å²) in [5.41, 5.74) is 0.845. The molecule has 100 valence electrons. The van der Waals surface area contributed by atoms with E-state index >= 15 is 0 Å². The van der Waals surface area contributed by atoms with Crippen LogP contribution in [0.15, 0.2) is 28.7 Å². The maximum absolute atomic E-state index is 11.0. The second kappa shape index (κ2) is 5.48. The molecule has 1 aromatic heterocycles. The van der Waals surface area contributed by atoms with Gasteiger partial charge < -0.3 is 5.11 Å². The normalized spacial score (nSPS) is 14.1. The fourth-order valence-electron chi connectivity index (χ4n) is 1.68. The third-order valence-corrected chi connectivity index (χ3v) is 3.62. The molecule has 0 spiro atoms. The summed E-state index contributed by atoms with van der Waals surface area (Å²) >= 11 is 3.36. The highest BCUT2D eigenvalue weighted by Crippen LogP contribution is 2.24. The van der Waals surface area contributed by atoms with Gasteiger partial charge in [-0.15, -0.1) is 5.10 Å². The Bertz CT molecular complexity index is 582. The van der Waals surface area contributed by atoms with Gasteiger partial charge in [0, 0.05) is 10.0 Å². The number of aliphatic carboxylic acids is 1. The highest BCUT2D eigenvalue weighted by molar-refractivity contribution is 9.10. The molecule has 2 unspecified atom stereocenters.